The molecular formula is C18H21NO2. The van der Waals surface area contributed by atoms with Crippen molar-refractivity contribution in [1.82, 2.24) is 0 Å². The van der Waals surface area contributed by atoms with Crippen LogP contribution >= 0.6 is 0 Å². The maximum absolute atomic E-state index is 12.1. The van der Waals surface area contributed by atoms with Crippen molar-refractivity contribution in [3.63, 3.8) is 0 Å². The molecular weight excluding hydrogens is 262 g/mol. The highest BCUT2D eigenvalue weighted by Gasteiger charge is 2.27. The quantitative estimate of drug-likeness (QED) is 0.849. The number of rotatable bonds is 5. The summed E-state index contributed by atoms with van der Waals surface area (Å²) in [6, 6.07) is 17.5. The first-order valence-electron chi connectivity index (χ1n) is 7.08. The second-order valence-electron chi connectivity index (χ2n) is 5.21. The molecule has 0 aliphatic heterocycles. The van der Waals surface area contributed by atoms with Gasteiger partial charge in [-0.15, -0.1) is 0 Å². The molecule has 21 heavy (non-hydrogen) atoms. The lowest BCUT2D eigenvalue weighted by atomic mass is 9.93. The van der Waals surface area contributed by atoms with Crippen LogP contribution in [0.15, 0.2) is 54.6 Å². The van der Waals surface area contributed by atoms with Crippen LogP contribution in [0.4, 0.5) is 5.69 Å². The molecule has 2 aromatic carbocycles. The van der Waals surface area contributed by atoms with Gasteiger partial charge in [0.15, 0.2) is 0 Å². The third-order valence-corrected chi connectivity index (χ3v) is 3.62. The normalized spacial score (nSPS) is 13.3. The van der Waals surface area contributed by atoms with Gasteiger partial charge in [0.1, 0.15) is 6.04 Å². The summed E-state index contributed by atoms with van der Waals surface area (Å²) in [7, 11) is 1.42. The number of esters is 1. The Kier molecular flexibility index (Phi) is 4.99. The summed E-state index contributed by atoms with van der Waals surface area (Å²) in [5, 5.41) is 3.29. The topological polar surface area (TPSA) is 38.3 Å². The zero-order valence-electron chi connectivity index (χ0n) is 12.7. The third-order valence-electron chi connectivity index (χ3n) is 3.62. The van der Waals surface area contributed by atoms with Crippen LogP contribution in [0.1, 0.15) is 24.0 Å². The fourth-order valence-corrected chi connectivity index (χ4v) is 2.38. The average molecular weight is 283 g/mol. The van der Waals surface area contributed by atoms with E-state index in [0.717, 1.165) is 16.8 Å². The molecule has 0 saturated carbocycles. The Labute approximate surface area is 126 Å². The summed E-state index contributed by atoms with van der Waals surface area (Å²) in [6.45, 7) is 4.05. The Balaban J connectivity index is 2.24. The minimum absolute atomic E-state index is 0.0131. The number of hydrogen-bond donors (Lipinski definition) is 1. The number of nitrogens with one attached hydrogen (secondary N) is 1. The van der Waals surface area contributed by atoms with Crippen LogP contribution in [-0.2, 0) is 9.53 Å². The van der Waals surface area contributed by atoms with Crippen molar-refractivity contribution in [1.29, 1.82) is 0 Å². The number of benzene rings is 2. The van der Waals surface area contributed by atoms with Gasteiger partial charge in [0.25, 0.3) is 0 Å². The Hall–Kier alpha value is -2.29. The maximum atomic E-state index is 12.1. The molecule has 2 rings (SSSR count). The van der Waals surface area contributed by atoms with Crippen molar-refractivity contribution in [3.05, 3.63) is 65.7 Å². The molecule has 0 aromatic heterocycles. The van der Waals surface area contributed by atoms with Gasteiger partial charge in [0, 0.05) is 11.6 Å². The largest absolute Gasteiger partial charge is 0.467 e. The number of hydrogen-bond acceptors (Lipinski definition) is 3. The van der Waals surface area contributed by atoms with Crippen LogP contribution in [0, 0.1) is 6.92 Å². The van der Waals surface area contributed by atoms with E-state index in [1.807, 2.05) is 68.4 Å². The number of aryl methyl sites for hydroxylation is 1. The Morgan fingerprint density at radius 2 is 1.81 bits per heavy atom. The fraction of sp³-hybridized carbons (Fsp3) is 0.278. The van der Waals surface area contributed by atoms with Crippen LogP contribution in [0.2, 0.25) is 0 Å². The minimum atomic E-state index is -0.417. The molecule has 0 radical (unpaired) electrons. The summed E-state index contributed by atoms with van der Waals surface area (Å²) in [5.41, 5.74) is 3.18. The van der Waals surface area contributed by atoms with Gasteiger partial charge in [-0.25, -0.2) is 4.79 Å². The molecule has 0 bridgehead atoms. The molecule has 2 unspecified atom stereocenters. The second-order valence-corrected chi connectivity index (χ2v) is 5.21. The fourth-order valence-electron chi connectivity index (χ4n) is 2.38. The number of ether oxygens (including phenoxy) is 1. The first-order chi connectivity index (χ1) is 10.1. The lowest BCUT2D eigenvalue weighted by molar-refractivity contribution is -0.142. The van der Waals surface area contributed by atoms with Gasteiger partial charge in [-0.3, -0.25) is 0 Å². The van der Waals surface area contributed by atoms with E-state index in [4.69, 9.17) is 4.74 Å². The standard InChI is InChI=1S/C18H21NO2/c1-13-8-7-11-16(12-13)19-17(18(20)21-3)14(2)15-9-5-4-6-10-15/h4-12,14,17,19H,1-3H3. The Bertz CT molecular complexity index is 595. The predicted octanol–water partition coefficient (Wildman–Crippen LogP) is 3.75. The summed E-state index contributed by atoms with van der Waals surface area (Å²) < 4.78 is 4.96. The monoisotopic (exact) mass is 283 g/mol. The summed E-state index contributed by atoms with van der Waals surface area (Å²) in [5.74, 6) is -0.243. The molecule has 2 aromatic rings. The van der Waals surface area contributed by atoms with Gasteiger partial charge in [-0.1, -0.05) is 49.4 Å². The molecule has 3 nitrogen and oxygen atoms in total. The van der Waals surface area contributed by atoms with Crippen LogP contribution in [-0.4, -0.2) is 19.1 Å². The molecule has 0 fully saturated rings. The number of carbonyl (C=O) groups excluding carboxylic acids is 1. The van der Waals surface area contributed by atoms with Gasteiger partial charge in [0.2, 0.25) is 0 Å². The van der Waals surface area contributed by atoms with Gasteiger partial charge >= 0.3 is 5.97 Å². The highest BCUT2D eigenvalue weighted by atomic mass is 16.5. The summed E-state index contributed by atoms with van der Waals surface area (Å²) in [6.07, 6.45) is 0. The maximum Gasteiger partial charge on any atom is 0.328 e. The Morgan fingerprint density at radius 3 is 2.43 bits per heavy atom. The summed E-state index contributed by atoms with van der Waals surface area (Å²) >= 11 is 0. The van der Waals surface area contributed by atoms with Crippen molar-refractivity contribution in [2.75, 3.05) is 12.4 Å². The molecule has 1 N–H and O–H groups in total. The smallest absolute Gasteiger partial charge is 0.328 e. The van der Waals surface area contributed by atoms with Gasteiger partial charge in [-0.05, 0) is 30.2 Å². The van der Waals surface area contributed by atoms with Crippen LogP contribution < -0.4 is 5.32 Å². The van der Waals surface area contributed by atoms with Gasteiger partial charge < -0.3 is 10.1 Å². The Morgan fingerprint density at radius 1 is 1.10 bits per heavy atom. The van der Waals surface area contributed by atoms with Crippen molar-refractivity contribution in [2.45, 2.75) is 25.8 Å². The third kappa shape index (κ3) is 3.85. The van der Waals surface area contributed by atoms with Gasteiger partial charge in [-0.2, -0.15) is 0 Å². The van der Waals surface area contributed by atoms with E-state index in [1.54, 1.807) is 0 Å². The first kappa shape index (κ1) is 15.1. The summed E-state index contributed by atoms with van der Waals surface area (Å²) in [4.78, 5) is 12.1. The van der Waals surface area contributed by atoms with E-state index >= 15 is 0 Å². The van der Waals surface area contributed by atoms with E-state index < -0.39 is 6.04 Å². The number of carbonyl (C=O) groups is 1. The van der Waals surface area contributed by atoms with E-state index in [0.29, 0.717) is 0 Å². The molecule has 0 spiro atoms. The highest BCUT2D eigenvalue weighted by molar-refractivity contribution is 5.80. The molecule has 0 amide bonds. The average Bonchev–Trinajstić information content (AvgIpc) is 2.52. The van der Waals surface area contributed by atoms with Crippen LogP contribution in [0.25, 0.3) is 0 Å². The first-order valence-corrected chi connectivity index (χ1v) is 7.08. The molecule has 3 heteroatoms. The molecule has 2 atom stereocenters. The SMILES string of the molecule is COC(=O)C(Nc1cccc(C)c1)C(C)c1ccccc1. The lowest BCUT2D eigenvalue weighted by Gasteiger charge is -2.24. The van der Waals surface area contributed by atoms with E-state index in [-0.39, 0.29) is 11.9 Å². The lowest BCUT2D eigenvalue weighted by Crippen LogP contribution is -2.35. The van der Waals surface area contributed by atoms with Crippen molar-refractivity contribution >= 4 is 11.7 Å². The van der Waals surface area contributed by atoms with E-state index in [1.165, 1.54) is 7.11 Å². The van der Waals surface area contributed by atoms with E-state index in [9.17, 15) is 4.79 Å². The minimum Gasteiger partial charge on any atom is -0.467 e. The molecule has 110 valence electrons. The number of anilines is 1. The van der Waals surface area contributed by atoms with Crippen molar-refractivity contribution < 1.29 is 9.53 Å². The van der Waals surface area contributed by atoms with Crippen LogP contribution in [0.5, 0.6) is 0 Å². The predicted molar refractivity (Wildman–Crippen MR) is 85.5 cm³/mol. The van der Waals surface area contributed by atoms with Crippen molar-refractivity contribution in [3.8, 4) is 0 Å². The van der Waals surface area contributed by atoms with Crippen molar-refractivity contribution in [2.24, 2.45) is 0 Å². The number of methoxy groups -OCH3 is 1. The molecule has 0 heterocycles. The highest BCUT2D eigenvalue weighted by Crippen LogP contribution is 2.23. The second kappa shape index (κ2) is 6.93. The zero-order valence-corrected chi connectivity index (χ0v) is 12.7. The van der Waals surface area contributed by atoms with E-state index in [2.05, 4.69) is 5.32 Å². The molecule has 0 aliphatic carbocycles. The molecule has 0 saturated heterocycles. The molecule has 0 aliphatic rings. The van der Waals surface area contributed by atoms with Crippen LogP contribution in [0.3, 0.4) is 0 Å². The van der Waals surface area contributed by atoms with Gasteiger partial charge in [0.05, 0.1) is 7.11 Å². The zero-order chi connectivity index (χ0) is 15.2.